The SMILES string of the molecule is CN(CCOc1ccccc1Cl)C(=O)Nc1ccccc1C(=O)N1CCOCC1. The van der Waals surface area contributed by atoms with Crippen LogP contribution in [0.4, 0.5) is 10.5 Å². The third-order valence-electron chi connectivity index (χ3n) is 4.56. The zero-order valence-corrected chi connectivity index (χ0v) is 17.0. The third kappa shape index (κ3) is 5.62. The molecule has 1 aliphatic rings. The Morgan fingerprint density at radius 2 is 1.83 bits per heavy atom. The number of morpholine rings is 1. The van der Waals surface area contributed by atoms with Crippen LogP contribution in [-0.2, 0) is 4.74 Å². The Balaban J connectivity index is 1.57. The molecule has 0 unspecified atom stereocenters. The van der Waals surface area contributed by atoms with Gasteiger partial charge in [-0.1, -0.05) is 35.9 Å². The highest BCUT2D eigenvalue weighted by Gasteiger charge is 2.22. The van der Waals surface area contributed by atoms with Crippen LogP contribution in [0, 0.1) is 0 Å². The quantitative estimate of drug-likeness (QED) is 0.782. The number of urea groups is 1. The lowest BCUT2D eigenvalue weighted by molar-refractivity contribution is 0.0303. The van der Waals surface area contributed by atoms with Crippen LogP contribution in [0.5, 0.6) is 5.75 Å². The van der Waals surface area contributed by atoms with Gasteiger partial charge < -0.3 is 24.6 Å². The Kier molecular flexibility index (Phi) is 7.32. The second-order valence-corrected chi connectivity index (χ2v) is 6.99. The summed E-state index contributed by atoms with van der Waals surface area (Å²) < 4.78 is 10.9. The Bertz CT molecular complexity index is 855. The van der Waals surface area contributed by atoms with Gasteiger partial charge >= 0.3 is 6.03 Å². The highest BCUT2D eigenvalue weighted by molar-refractivity contribution is 6.32. The molecule has 0 saturated carbocycles. The second kappa shape index (κ2) is 10.1. The first-order valence-electron chi connectivity index (χ1n) is 9.42. The zero-order chi connectivity index (χ0) is 20.6. The molecule has 0 atom stereocenters. The molecule has 0 radical (unpaired) electrons. The zero-order valence-electron chi connectivity index (χ0n) is 16.3. The van der Waals surface area contributed by atoms with E-state index in [0.29, 0.717) is 61.5 Å². The van der Waals surface area contributed by atoms with Crippen LogP contribution in [0.2, 0.25) is 5.02 Å². The van der Waals surface area contributed by atoms with Crippen molar-refractivity contribution in [1.82, 2.24) is 9.80 Å². The van der Waals surface area contributed by atoms with E-state index in [9.17, 15) is 9.59 Å². The van der Waals surface area contributed by atoms with Crippen molar-refractivity contribution >= 4 is 29.2 Å². The number of carbonyl (C=O) groups is 2. The molecule has 3 amide bonds. The number of hydrogen-bond acceptors (Lipinski definition) is 4. The largest absolute Gasteiger partial charge is 0.490 e. The topological polar surface area (TPSA) is 71.1 Å². The average molecular weight is 418 g/mol. The molecule has 8 heteroatoms. The number of anilines is 1. The molecule has 0 aliphatic carbocycles. The number of ether oxygens (including phenoxy) is 2. The number of para-hydroxylation sites is 2. The van der Waals surface area contributed by atoms with Crippen molar-refractivity contribution in [3.8, 4) is 5.75 Å². The van der Waals surface area contributed by atoms with Crippen LogP contribution in [-0.4, -0.2) is 68.2 Å². The summed E-state index contributed by atoms with van der Waals surface area (Å²) in [5.74, 6) is 0.457. The summed E-state index contributed by atoms with van der Waals surface area (Å²) in [4.78, 5) is 28.6. The van der Waals surface area contributed by atoms with E-state index in [1.807, 2.05) is 12.1 Å². The fourth-order valence-electron chi connectivity index (χ4n) is 2.88. The highest BCUT2D eigenvalue weighted by atomic mass is 35.5. The molecule has 7 nitrogen and oxygen atoms in total. The van der Waals surface area contributed by atoms with Crippen LogP contribution < -0.4 is 10.1 Å². The Morgan fingerprint density at radius 1 is 1.14 bits per heavy atom. The monoisotopic (exact) mass is 417 g/mol. The smallest absolute Gasteiger partial charge is 0.321 e. The molecule has 29 heavy (non-hydrogen) atoms. The minimum Gasteiger partial charge on any atom is -0.490 e. The Morgan fingerprint density at radius 3 is 2.59 bits per heavy atom. The summed E-state index contributed by atoms with van der Waals surface area (Å²) in [5, 5.41) is 3.34. The summed E-state index contributed by atoms with van der Waals surface area (Å²) in [6.07, 6.45) is 0. The second-order valence-electron chi connectivity index (χ2n) is 6.58. The molecule has 1 fully saturated rings. The van der Waals surface area contributed by atoms with Crippen molar-refractivity contribution in [1.29, 1.82) is 0 Å². The van der Waals surface area contributed by atoms with Crippen molar-refractivity contribution in [2.75, 3.05) is 51.8 Å². The number of likely N-dealkylation sites (N-methyl/N-ethyl adjacent to an activating group) is 1. The molecule has 1 N–H and O–H groups in total. The summed E-state index contributed by atoms with van der Waals surface area (Å²) >= 11 is 6.06. The molecule has 3 rings (SSSR count). The summed E-state index contributed by atoms with van der Waals surface area (Å²) in [5.41, 5.74) is 0.941. The van der Waals surface area contributed by atoms with E-state index in [1.165, 1.54) is 4.90 Å². The number of nitrogens with zero attached hydrogens (tertiary/aromatic N) is 2. The summed E-state index contributed by atoms with van der Waals surface area (Å²) in [6.45, 7) is 2.78. The lowest BCUT2D eigenvalue weighted by Gasteiger charge is -2.28. The van der Waals surface area contributed by atoms with Crippen LogP contribution in [0.25, 0.3) is 0 Å². The van der Waals surface area contributed by atoms with E-state index < -0.39 is 0 Å². The maximum Gasteiger partial charge on any atom is 0.321 e. The van der Waals surface area contributed by atoms with Gasteiger partial charge in [-0.2, -0.15) is 0 Å². The molecule has 2 aromatic rings. The van der Waals surface area contributed by atoms with Crippen LogP contribution in [0.15, 0.2) is 48.5 Å². The average Bonchev–Trinajstić information content (AvgIpc) is 2.75. The number of amides is 3. The van der Waals surface area contributed by atoms with Crippen molar-refractivity contribution in [2.45, 2.75) is 0 Å². The van der Waals surface area contributed by atoms with E-state index in [2.05, 4.69) is 5.32 Å². The molecule has 154 valence electrons. The van der Waals surface area contributed by atoms with Crippen LogP contribution in [0.1, 0.15) is 10.4 Å². The molecule has 0 spiro atoms. The van der Waals surface area contributed by atoms with Gasteiger partial charge in [0.25, 0.3) is 5.91 Å². The van der Waals surface area contributed by atoms with E-state index in [0.717, 1.165) is 0 Å². The lowest BCUT2D eigenvalue weighted by atomic mass is 10.1. The van der Waals surface area contributed by atoms with E-state index in [4.69, 9.17) is 21.1 Å². The highest BCUT2D eigenvalue weighted by Crippen LogP contribution is 2.23. The van der Waals surface area contributed by atoms with Gasteiger partial charge in [0.05, 0.1) is 36.0 Å². The number of benzene rings is 2. The molecule has 1 heterocycles. The minimum absolute atomic E-state index is 0.117. The van der Waals surface area contributed by atoms with Gasteiger partial charge in [-0.05, 0) is 24.3 Å². The van der Waals surface area contributed by atoms with Gasteiger partial charge in [0.2, 0.25) is 0 Å². The van der Waals surface area contributed by atoms with Gasteiger partial charge in [0.1, 0.15) is 12.4 Å². The molecule has 0 aromatic heterocycles. The van der Waals surface area contributed by atoms with Crippen molar-refractivity contribution in [3.63, 3.8) is 0 Å². The lowest BCUT2D eigenvalue weighted by Crippen LogP contribution is -2.41. The van der Waals surface area contributed by atoms with Crippen molar-refractivity contribution < 1.29 is 19.1 Å². The fourth-order valence-corrected chi connectivity index (χ4v) is 3.07. The maximum absolute atomic E-state index is 12.8. The van der Waals surface area contributed by atoms with Gasteiger partial charge in [-0.3, -0.25) is 4.79 Å². The van der Waals surface area contributed by atoms with Gasteiger partial charge in [-0.15, -0.1) is 0 Å². The van der Waals surface area contributed by atoms with E-state index >= 15 is 0 Å². The van der Waals surface area contributed by atoms with Crippen molar-refractivity contribution in [3.05, 3.63) is 59.1 Å². The predicted octanol–water partition coefficient (Wildman–Crippen LogP) is 3.36. The van der Waals surface area contributed by atoms with Crippen molar-refractivity contribution in [2.24, 2.45) is 0 Å². The number of halogens is 1. The molecule has 2 aromatic carbocycles. The fraction of sp³-hybridized carbons (Fsp3) is 0.333. The van der Waals surface area contributed by atoms with Crippen LogP contribution >= 0.6 is 11.6 Å². The molecular formula is C21H24ClN3O4. The van der Waals surface area contributed by atoms with Gasteiger partial charge in [0.15, 0.2) is 0 Å². The first-order chi connectivity index (χ1) is 14.1. The van der Waals surface area contributed by atoms with Gasteiger partial charge in [-0.25, -0.2) is 4.79 Å². The molecule has 0 bridgehead atoms. The number of carbonyl (C=O) groups excluding carboxylic acids is 2. The summed E-state index contributed by atoms with van der Waals surface area (Å²) in [7, 11) is 1.66. The molecular weight excluding hydrogens is 394 g/mol. The number of hydrogen-bond donors (Lipinski definition) is 1. The predicted molar refractivity (Wildman–Crippen MR) is 112 cm³/mol. The minimum atomic E-state index is -0.324. The number of nitrogens with one attached hydrogen (secondary N) is 1. The first kappa shape index (κ1) is 21.0. The summed E-state index contributed by atoms with van der Waals surface area (Å²) in [6, 6.07) is 13.9. The molecule has 1 aliphatic heterocycles. The van der Waals surface area contributed by atoms with E-state index in [1.54, 1.807) is 48.3 Å². The Hall–Kier alpha value is -2.77. The van der Waals surface area contributed by atoms with Crippen LogP contribution in [0.3, 0.4) is 0 Å². The third-order valence-corrected chi connectivity index (χ3v) is 4.88. The molecule has 1 saturated heterocycles. The maximum atomic E-state index is 12.8. The standard InChI is InChI=1S/C21H24ClN3O4/c1-24(10-15-29-19-9-5-3-7-17(19)22)21(27)23-18-8-4-2-6-16(18)20(26)25-11-13-28-14-12-25/h2-9H,10-15H2,1H3,(H,23,27). The Labute approximate surface area is 175 Å². The first-order valence-corrected chi connectivity index (χ1v) is 9.79. The van der Waals surface area contributed by atoms with E-state index in [-0.39, 0.29) is 11.9 Å². The number of rotatable bonds is 6. The normalized spacial score (nSPS) is 13.7. The van der Waals surface area contributed by atoms with Gasteiger partial charge in [0, 0.05) is 20.1 Å².